The molecule has 0 fully saturated rings. The lowest BCUT2D eigenvalue weighted by Crippen LogP contribution is -2.12. The maximum absolute atomic E-state index is 6.20. The molecule has 16 heavy (non-hydrogen) atoms. The minimum atomic E-state index is 0.109. The zero-order chi connectivity index (χ0) is 11.4. The van der Waals surface area contributed by atoms with Gasteiger partial charge in [0.05, 0.1) is 0 Å². The third-order valence-corrected chi connectivity index (χ3v) is 3.23. The van der Waals surface area contributed by atoms with Crippen LogP contribution in [0.3, 0.4) is 0 Å². The molecule has 1 aliphatic rings. The first kappa shape index (κ1) is 11.3. The number of allylic oxidation sites excluding steroid dienone is 1. The van der Waals surface area contributed by atoms with Crippen molar-refractivity contribution in [2.75, 3.05) is 0 Å². The van der Waals surface area contributed by atoms with Crippen molar-refractivity contribution < 1.29 is 0 Å². The van der Waals surface area contributed by atoms with Gasteiger partial charge in [0.1, 0.15) is 0 Å². The third-order valence-electron chi connectivity index (χ3n) is 3.23. The molecule has 1 heterocycles. The number of nitrogens with two attached hydrogens (primary N) is 1. The fourth-order valence-electron chi connectivity index (χ4n) is 2.19. The van der Waals surface area contributed by atoms with Gasteiger partial charge in [-0.05, 0) is 50.7 Å². The van der Waals surface area contributed by atoms with E-state index in [1.54, 1.807) is 0 Å². The van der Waals surface area contributed by atoms with E-state index in [2.05, 4.69) is 17.1 Å². The van der Waals surface area contributed by atoms with Crippen LogP contribution in [0.2, 0.25) is 0 Å². The summed E-state index contributed by atoms with van der Waals surface area (Å²) in [7, 11) is 0. The van der Waals surface area contributed by atoms with Crippen LogP contribution < -0.4 is 5.73 Å². The zero-order valence-corrected chi connectivity index (χ0v) is 9.95. The van der Waals surface area contributed by atoms with Crippen LogP contribution in [0.15, 0.2) is 30.0 Å². The largest absolute Gasteiger partial charge is 0.324 e. The van der Waals surface area contributed by atoms with E-state index in [1.165, 1.54) is 31.3 Å². The lowest BCUT2D eigenvalue weighted by molar-refractivity contribution is 0.627. The Kier molecular flexibility index (Phi) is 3.73. The van der Waals surface area contributed by atoms with Gasteiger partial charge in [-0.3, -0.25) is 4.98 Å². The predicted octanol–water partition coefficient (Wildman–Crippen LogP) is 3.28. The molecule has 0 spiro atoms. The summed E-state index contributed by atoms with van der Waals surface area (Å²) in [6, 6.07) is 4.23. The number of aryl methyl sites for hydroxylation is 1. The first-order valence-electron chi connectivity index (χ1n) is 6.12. The Morgan fingerprint density at radius 1 is 1.38 bits per heavy atom. The van der Waals surface area contributed by atoms with Crippen LogP contribution in [0, 0.1) is 6.92 Å². The zero-order valence-electron chi connectivity index (χ0n) is 9.95. The Labute approximate surface area is 97.6 Å². The molecule has 2 nitrogen and oxygen atoms in total. The van der Waals surface area contributed by atoms with Crippen molar-refractivity contribution in [2.24, 2.45) is 5.73 Å². The summed E-state index contributed by atoms with van der Waals surface area (Å²) in [4.78, 5) is 4.29. The molecule has 1 atom stereocenters. The van der Waals surface area contributed by atoms with Gasteiger partial charge in [-0.15, -0.1) is 0 Å². The Hall–Kier alpha value is -1.15. The van der Waals surface area contributed by atoms with Gasteiger partial charge in [0.25, 0.3) is 0 Å². The molecule has 0 aliphatic heterocycles. The smallest absolute Gasteiger partial charge is 0.0372 e. The SMILES string of the molecule is Cc1ccc(C(N)CC2=CCCCC2)cn1. The number of rotatable bonds is 3. The summed E-state index contributed by atoms with van der Waals surface area (Å²) in [6.07, 6.45) is 10.4. The quantitative estimate of drug-likeness (QED) is 0.787. The second kappa shape index (κ2) is 5.26. The summed E-state index contributed by atoms with van der Waals surface area (Å²) in [6.45, 7) is 2.00. The van der Waals surface area contributed by atoms with Crippen molar-refractivity contribution in [3.05, 3.63) is 41.2 Å². The first-order valence-corrected chi connectivity index (χ1v) is 6.12. The molecule has 2 rings (SSSR count). The molecule has 2 N–H and O–H groups in total. The van der Waals surface area contributed by atoms with Crippen LogP contribution >= 0.6 is 0 Å². The first-order chi connectivity index (χ1) is 7.75. The number of pyridine rings is 1. The van der Waals surface area contributed by atoms with E-state index < -0.39 is 0 Å². The summed E-state index contributed by atoms with van der Waals surface area (Å²) >= 11 is 0. The van der Waals surface area contributed by atoms with Crippen LogP contribution in [0.1, 0.15) is 49.4 Å². The maximum atomic E-state index is 6.20. The van der Waals surface area contributed by atoms with Crippen molar-refractivity contribution >= 4 is 0 Å². The van der Waals surface area contributed by atoms with E-state index in [4.69, 9.17) is 5.73 Å². The van der Waals surface area contributed by atoms with Crippen LogP contribution in [0.4, 0.5) is 0 Å². The molecule has 0 bridgehead atoms. The fourth-order valence-corrected chi connectivity index (χ4v) is 2.19. The Morgan fingerprint density at radius 2 is 2.25 bits per heavy atom. The molecule has 1 unspecified atom stereocenters. The van der Waals surface area contributed by atoms with Gasteiger partial charge >= 0.3 is 0 Å². The highest BCUT2D eigenvalue weighted by Crippen LogP contribution is 2.25. The minimum Gasteiger partial charge on any atom is -0.324 e. The second-order valence-corrected chi connectivity index (χ2v) is 4.65. The molecular weight excluding hydrogens is 196 g/mol. The maximum Gasteiger partial charge on any atom is 0.0372 e. The van der Waals surface area contributed by atoms with Crippen LogP contribution in [0.25, 0.3) is 0 Å². The molecule has 0 radical (unpaired) electrons. The van der Waals surface area contributed by atoms with Gasteiger partial charge in [0.15, 0.2) is 0 Å². The van der Waals surface area contributed by atoms with Crippen molar-refractivity contribution in [1.29, 1.82) is 0 Å². The average Bonchev–Trinajstić information content (AvgIpc) is 2.31. The number of hydrogen-bond acceptors (Lipinski definition) is 2. The van der Waals surface area contributed by atoms with Gasteiger partial charge < -0.3 is 5.73 Å². The van der Waals surface area contributed by atoms with Gasteiger partial charge in [0.2, 0.25) is 0 Å². The summed E-state index contributed by atoms with van der Waals surface area (Å²) < 4.78 is 0. The van der Waals surface area contributed by atoms with Gasteiger partial charge in [-0.25, -0.2) is 0 Å². The highest BCUT2D eigenvalue weighted by atomic mass is 14.7. The normalized spacial score (nSPS) is 18.0. The van der Waals surface area contributed by atoms with Crippen LogP contribution in [0.5, 0.6) is 0 Å². The highest BCUT2D eigenvalue weighted by Gasteiger charge is 2.11. The summed E-state index contributed by atoms with van der Waals surface area (Å²) in [5, 5.41) is 0. The van der Waals surface area contributed by atoms with Gasteiger partial charge in [-0.1, -0.05) is 17.7 Å². The monoisotopic (exact) mass is 216 g/mol. The molecule has 1 aromatic rings. The summed E-state index contributed by atoms with van der Waals surface area (Å²) in [5.41, 5.74) is 9.92. The standard InChI is InChI=1S/C14H20N2/c1-11-7-8-13(10-16-11)14(15)9-12-5-3-2-4-6-12/h5,7-8,10,14H,2-4,6,9,15H2,1H3. The van der Waals surface area contributed by atoms with Crippen LogP contribution in [-0.2, 0) is 0 Å². The van der Waals surface area contributed by atoms with Crippen molar-refractivity contribution in [1.82, 2.24) is 4.98 Å². The molecule has 1 aliphatic carbocycles. The highest BCUT2D eigenvalue weighted by molar-refractivity contribution is 5.19. The van der Waals surface area contributed by atoms with E-state index in [0.717, 1.165) is 17.7 Å². The number of hydrogen-bond donors (Lipinski definition) is 1. The Bertz CT molecular complexity index is 365. The van der Waals surface area contributed by atoms with E-state index >= 15 is 0 Å². The predicted molar refractivity (Wildman–Crippen MR) is 67.1 cm³/mol. The van der Waals surface area contributed by atoms with Crippen molar-refractivity contribution in [2.45, 2.75) is 45.1 Å². The Balaban J connectivity index is 1.99. The lowest BCUT2D eigenvalue weighted by atomic mass is 9.92. The lowest BCUT2D eigenvalue weighted by Gasteiger charge is -2.17. The Morgan fingerprint density at radius 3 is 2.88 bits per heavy atom. The van der Waals surface area contributed by atoms with Gasteiger partial charge in [0, 0.05) is 17.9 Å². The molecule has 1 aromatic heterocycles. The minimum absolute atomic E-state index is 0.109. The number of aromatic nitrogens is 1. The van der Waals surface area contributed by atoms with E-state index in [-0.39, 0.29) is 6.04 Å². The van der Waals surface area contributed by atoms with E-state index in [0.29, 0.717) is 0 Å². The molecule has 0 aromatic carbocycles. The molecule has 0 saturated heterocycles. The molecule has 2 heteroatoms. The van der Waals surface area contributed by atoms with E-state index in [9.17, 15) is 0 Å². The third kappa shape index (κ3) is 2.92. The average molecular weight is 216 g/mol. The van der Waals surface area contributed by atoms with Crippen molar-refractivity contribution in [3.8, 4) is 0 Å². The molecular formula is C14H20N2. The summed E-state index contributed by atoms with van der Waals surface area (Å²) in [5.74, 6) is 0. The second-order valence-electron chi connectivity index (χ2n) is 4.65. The van der Waals surface area contributed by atoms with Crippen molar-refractivity contribution in [3.63, 3.8) is 0 Å². The molecule has 0 saturated carbocycles. The number of nitrogens with zero attached hydrogens (tertiary/aromatic N) is 1. The van der Waals surface area contributed by atoms with Gasteiger partial charge in [-0.2, -0.15) is 0 Å². The molecule has 0 amide bonds. The van der Waals surface area contributed by atoms with Crippen LogP contribution in [-0.4, -0.2) is 4.98 Å². The molecule has 86 valence electrons. The topological polar surface area (TPSA) is 38.9 Å². The fraction of sp³-hybridized carbons (Fsp3) is 0.500. The van der Waals surface area contributed by atoms with E-state index in [1.807, 2.05) is 19.2 Å².